The van der Waals surface area contributed by atoms with Crippen molar-refractivity contribution >= 4 is 6.29 Å². The van der Waals surface area contributed by atoms with E-state index < -0.39 is 0 Å². The van der Waals surface area contributed by atoms with E-state index in [0.717, 1.165) is 37.5 Å². The van der Waals surface area contributed by atoms with E-state index in [1.807, 2.05) is 6.07 Å². The van der Waals surface area contributed by atoms with Gasteiger partial charge in [0.25, 0.3) is 0 Å². The van der Waals surface area contributed by atoms with Gasteiger partial charge in [0.05, 0.1) is 14.2 Å². The summed E-state index contributed by atoms with van der Waals surface area (Å²) in [6.45, 7) is 0.564. The van der Waals surface area contributed by atoms with E-state index in [9.17, 15) is 4.79 Å². The van der Waals surface area contributed by atoms with Gasteiger partial charge in [-0.1, -0.05) is 19.3 Å². The van der Waals surface area contributed by atoms with Gasteiger partial charge in [0.2, 0.25) is 0 Å². The second-order valence-corrected chi connectivity index (χ2v) is 5.47. The van der Waals surface area contributed by atoms with Crippen molar-refractivity contribution in [3.8, 4) is 11.5 Å². The summed E-state index contributed by atoms with van der Waals surface area (Å²) in [6, 6.07) is 3.62. The minimum atomic E-state index is -0.101. The molecule has 0 amide bonds. The van der Waals surface area contributed by atoms with Gasteiger partial charge in [0, 0.05) is 23.1 Å². The second kappa shape index (κ2) is 6.27. The van der Waals surface area contributed by atoms with Crippen molar-refractivity contribution in [1.29, 1.82) is 0 Å². The Labute approximate surface area is 120 Å². The third-order valence-corrected chi connectivity index (χ3v) is 4.41. The fourth-order valence-corrected chi connectivity index (χ4v) is 3.26. The van der Waals surface area contributed by atoms with E-state index in [4.69, 9.17) is 15.2 Å². The summed E-state index contributed by atoms with van der Waals surface area (Å²) in [7, 11) is 3.22. The summed E-state index contributed by atoms with van der Waals surface area (Å²) in [5.74, 6) is 1.32. The number of carbonyl (C=O) groups is 1. The molecule has 110 valence electrons. The molecule has 4 heteroatoms. The molecule has 0 spiro atoms. The molecule has 1 aliphatic carbocycles. The lowest BCUT2D eigenvalue weighted by Gasteiger charge is -2.38. The molecule has 20 heavy (non-hydrogen) atoms. The molecule has 0 radical (unpaired) electrons. The van der Waals surface area contributed by atoms with Crippen LogP contribution in [0.4, 0.5) is 0 Å². The summed E-state index contributed by atoms with van der Waals surface area (Å²) in [5.41, 5.74) is 7.62. The fourth-order valence-electron chi connectivity index (χ4n) is 3.26. The van der Waals surface area contributed by atoms with Gasteiger partial charge in [0.1, 0.15) is 6.29 Å². The Hall–Kier alpha value is -1.55. The highest BCUT2D eigenvalue weighted by Gasteiger charge is 2.36. The average Bonchev–Trinajstić information content (AvgIpc) is 2.53. The van der Waals surface area contributed by atoms with Crippen molar-refractivity contribution in [3.63, 3.8) is 0 Å². The number of rotatable bonds is 5. The number of ether oxygens (including phenoxy) is 2. The van der Waals surface area contributed by atoms with E-state index in [-0.39, 0.29) is 5.41 Å². The maximum atomic E-state index is 11.2. The van der Waals surface area contributed by atoms with E-state index in [1.54, 1.807) is 20.3 Å². The van der Waals surface area contributed by atoms with E-state index in [0.29, 0.717) is 23.6 Å². The number of aldehydes is 1. The van der Waals surface area contributed by atoms with Gasteiger partial charge < -0.3 is 15.2 Å². The van der Waals surface area contributed by atoms with Crippen LogP contribution in [0.15, 0.2) is 12.1 Å². The average molecular weight is 277 g/mol. The monoisotopic (exact) mass is 277 g/mol. The number of benzene rings is 1. The van der Waals surface area contributed by atoms with Crippen molar-refractivity contribution in [2.24, 2.45) is 5.73 Å². The van der Waals surface area contributed by atoms with Gasteiger partial charge in [-0.25, -0.2) is 0 Å². The number of hydrogen-bond acceptors (Lipinski definition) is 4. The molecule has 0 aromatic heterocycles. The molecule has 1 aromatic carbocycles. The summed E-state index contributed by atoms with van der Waals surface area (Å²) in [4.78, 5) is 11.2. The van der Waals surface area contributed by atoms with Crippen molar-refractivity contribution < 1.29 is 14.3 Å². The first-order chi connectivity index (χ1) is 9.70. The molecular formula is C16H23NO3. The van der Waals surface area contributed by atoms with Gasteiger partial charge in [-0.3, -0.25) is 4.79 Å². The maximum absolute atomic E-state index is 11.2. The van der Waals surface area contributed by atoms with Crippen LogP contribution in [0, 0.1) is 0 Å². The number of nitrogens with two attached hydrogens (primary N) is 1. The van der Waals surface area contributed by atoms with Crippen LogP contribution in [0.5, 0.6) is 11.5 Å². The zero-order chi connectivity index (χ0) is 14.6. The molecule has 0 saturated heterocycles. The molecule has 0 bridgehead atoms. The molecule has 1 aliphatic rings. The first-order valence-electron chi connectivity index (χ1n) is 7.12. The third kappa shape index (κ3) is 2.52. The fraction of sp³-hybridized carbons (Fsp3) is 0.562. The molecular weight excluding hydrogens is 254 g/mol. The van der Waals surface area contributed by atoms with Crippen molar-refractivity contribution in [1.82, 2.24) is 0 Å². The third-order valence-electron chi connectivity index (χ3n) is 4.41. The van der Waals surface area contributed by atoms with Crippen LogP contribution < -0.4 is 15.2 Å². The highest BCUT2D eigenvalue weighted by Crippen LogP contribution is 2.46. The quantitative estimate of drug-likeness (QED) is 0.841. The Balaban J connectivity index is 2.60. The predicted molar refractivity (Wildman–Crippen MR) is 78.8 cm³/mol. The van der Waals surface area contributed by atoms with Crippen LogP contribution in [0.3, 0.4) is 0 Å². The lowest BCUT2D eigenvalue weighted by molar-refractivity contribution is 0.112. The van der Waals surface area contributed by atoms with Crippen LogP contribution in [-0.4, -0.2) is 27.1 Å². The van der Waals surface area contributed by atoms with Crippen LogP contribution in [-0.2, 0) is 5.41 Å². The Morgan fingerprint density at radius 1 is 1.20 bits per heavy atom. The molecule has 1 saturated carbocycles. The summed E-state index contributed by atoms with van der Waals surface area (Å²) in [5, 5.41) is 0. The number of carbonyl (C=O) groups excluding carboxylic acids is 1. The minimum Gasteiger partial charge on any atom is -0.493 e. The standard InChI is InChI=1S/C16H23NO3/c1-19-14-9-12(10-18)8-13(15(14)20-2)16(11-17)6-4-3-5-7-16/h8-10H,3-7,11,17H2,1-2H3. The molecule has 0 aliphatic heterocycles. The van der Waals surface area contributed by atoms with Crippen LogP contribution >= 0.6 is 0 Å². The maximum Gasteiger partial charge on any atom is 0.164 e. The number of hydrogen-bond donors (Lipinski definition) is 1. The Kier molecular flexibility index (Phi) is 4.65. The van der Waals surface area contributed by atoms with Gasteiger partial charge in [-0.05, 0) is 25.0 Å². The lowest BCUT2D eigenvalue weighted by Crippen LogP contribution is -2.37. The van der Waals surface area contributed by atoms with Gasteiger partial charge in [0.15, 0.2) is 11.5 Å². The van der Waals surface area contributed by atoms with Gasteiger partial charge in [-0.2, -0.15) is 0 Å². The van der Waals surface area contributed by atoms with Crippen LogP contribution in [0.1, 0.15) is 48.0 Å². The van der Waals surface area contributed by atoms with Crippen molar-refractivity contribution in [2.75, 3.05) is 20.8 Å². The molecule has 1 aromatic rings. The summed E-state index contributed by atoms with van der Waals surface area (Å²) < 4.78 is 10.9. The largest absolute Gasteiger partial charge is 0.493 e. The first kappa shape index (κ1) is 14.9. The second-order valence-electron chi connectivity index (χ2n) is 5.47. The zero-order valence-electron chi connectivity index (χ0n) is 12.3. The summed E-state index contributed by atoms with van der Waals surface area (Å²) >= 11 is 0. The molecule has 0 unspecified atom stereocenters. The van der Waals surface area contributed by atoms with Crippen LogP contribution in [0.2, 0.25) is 0 Å². The SMILES string of the molecule is COc1cc(C=O)cc(C2(CN)CCCCC2)c1OC. The Morgan fingerprint density at radius 2 is 1.90 bits per heavy atom. The molecule has 0 atom stereocenters. The van der Waals surface area contributed by atoms with Gasteiger partial charge >= 0.3 is 0 Å². The topological polar surface area (TPSA) is 61.5 Å². The predicted octanol–water partition coefficient (Wildman–Crippen LogP) is 2.68. The summed E-state index contributed by atoms with van der Waals surface area (Å²) in [6.07, 6.45) is 6.48. The Morgan fingerprint density at radius 3 is 2.40 bits per heavy atom. The molecule has 0 heterocycles. The van der Waals surface area contributed by atoms with Crippen LogP contribution in [0.25, 0.3) is 0 Å². The molecule has 1 fully saturated rings. The lowest BCUT2D eigenvalue weighted by atomic mass is 9.69. The number of methoxy groups -OCH3 is 2. The minimum absolute atomic E-state index is 0.101. The molecule has 2 N–H and O–H groups in total. The Bertz CT molecular complexity index is 479. The van der Waals surface area contributed by atoms with E-state index >= 15 is 0 Å². The van der Waals surface area contributed by atoms with Crippen molar-refractivity contribution in [3.05, 3.63) is 23.3 Å². The van der Waals surface area contributed by atoms with E-state index in [2.05, 4.69) is 0 Å². The van der Waals surface area contributed by atoms with Crippen molar-refractivity contribution in [2.45, 2.75) is 37.5 Å². The van der Waals surface area contributed by atoms with Gasteiger partial charge in [-0.15, -0.1) is 0 Å². The first-order valence-corrected chi connectivity index (χ1v) is 7.12. The van der Waals surface area contributed by atoms with E-state index in [1.165, 1.54) is 6.42 Å². The molecule has 4 nitrogen and oxygen atoms in total. The molecule has 2 rings (SSSR count). The highest BCUT2D eigenvalue weighted by atomic mass is 16.5. The zero-order valence-corrected chi connectivity index (χ0v) is 12.3. The normalized spacial score (nSPS) is 17.6. The smallest absolute Gasteiger partial charge is 0.164 e. The highest BCUT2D eigenvalue weighted by molar-refractivity contribution is 5.78.